The lowest BCUT2D eigenvalue weighted by atomic mass is 9.87. The minimum atomic E-state index is -0.157. The van der Waals surface area contributed by atoms with Gasteiger partial charge in [0, 0.05) is 12.6 Å². The van der Waals surface area contributed by atoms with Crippen LogP contribution in [-0.2, 0) is 6.42 Å². The van der Waals surface area contributed by atoms with Gasteiger partial charge in [-0.15, -0.1) is 12.4 Å². The van der Waals surface area contributed by atoms with Gasteiger partial charge in [-0.05, 0) is 50.0 Å². The van der Waals surface area contributed by atoms with Gasteiger partial charge in [-0.1, -0.05) is 12.1 Å². The van der Waals surface area contributed by atoms with Crippen molar-refractivity contribution in [3.8, 4) is 0 Å². The van der Waals surface area contributed by atoms with E-state index < -0.39 is 0 Å². The van der Waals surface area contributed by atoms with Gasteiger partial charge in [0.25, 0.3) is 0 Å². The Kier molecular flexibility index (Phi) is 5.37. The molecule has 2 N–H and O–H groups in total. The van der Waals surface area contributed by atoms with Crippen LogP contribution in [0.15, 0.2) is 24.3 Å². The Morgan fingerprint density at radius 1 is 1.47 bits per heavy atom. The zero-order valence-corrected chi connectivity index (χ0v) is 10.9. The van der Waals surface area contributed by atoms with E-state index in [1.807, 2.05) is 6.07 Å². The number of halogens is 2. The van der Waals surface area contributed by atoms with Crippen LogP contribution < -0.4 is 5.73 Å². The Hall–Kier alpha value is -0.640. The summed E-state index contributed by atoms with van der Waals surface area (Å²) in [6, 6.07) is 7.09. The van der Waals surface area contributed by atoms with Crippen molar-refractivity contribution in [2.45, 2.75) is 18.9 Å². The molecule has 2 atom stereocenters. The fourth-order valence-corrected chi connectivity index (χ4v) is 2.41. The van der Waals surface area contributed by atoms with Gasteiger partial charge in [0.1, 0.15) is 5.82 Å². The van der Waals surface area contributed by atoms with Gasteiger partial charge in [-0.2, -0.15) is 0 Å². The van der Waals surface area contributed by atoms with Crippen molar-refractivity contribution in [1.29, 1.82) is 0 Å². The van der Waals surface area contributed by atoms with Crippen molar-refractivity contribution in [3.63, 3.8) is 0 Å². The van der Waals surface area contributed by atoms with E-state index in [2.05, 4.69) is 11.9 Å². The monoisotopic (exact) mass is 258 g/mol. The van der Waals surface area contributed by atoms with E-state index in [9.17, 15) is 4.39 Å². The van der Waals surface area contributed by atoms with Crippen molar-refractivity contribution >= 4 is 12.4 Å². The number of rotatable bonds is 2. The highest BCUT2D eigenvalue weighted by atomic mass is 35.5. The highest BCUT2D eigenvalue weighted by molar-refractivity contribution is 5.85. The van der Waals surface area contributed by atoms with E-state index in [4.69, 9.17) is 5.73 Å². The summed E-state index contributed by atoms with van der Waals surface area (Å²) in [5, 5.41) is 0. The van der Waals surface area contributed by atoms with E-state index in [1.165, 1.54) is 6.07 Å². The second kappa shape index (κ2) is 6.34. The quantitative estimate of drug-likeness (QED) is 0.880. The van der Waals surface area contributed by atoms with E-state index in [1.54, 1.807) is 12.1 Å². The maximum Gasteiger partial charge on any atom is 0.123 e. The minimum absolute atomic E-state index is 0. The van der Waals surface area contributed by atoms with Gasteiger partial charge in [-0.25, -0.2) is 4.39 Å². The number of likely N-dealkylation sites (tertiary alicyclic amines) is 1. The molecule has 17 heavy (non-hydrogen) atoms. The van der Waals surface area contributed by atoms with Crippen molar-refractivity contribution < 1.29 is 4.39 Å². The molecule has 1 aliphatic heterocycles. The molecule has 0 spiro atoms. The summed E-state index contributed by atoms with van der Waals surface area (Å²) in [6.45, 7) is 2.08. The Morgan fingerprint density at radius 3 is 2.94 bits per heavy atom. The predicted octanol–water partition coefficient (Wildman–Crippen LogP) is 2.07. The average Bonchev–Trinajstić information content (AvgIpc) is 2.24. The number of benzene rings is 1. The lowest BCUT2D eigenvalue weighted by Crippen LogP contribution is -2.46. The van der Waals surface area contributed by atoms with E-state index >= 15 is 0 Å². The van der Waals surface area contributed by atoms with Crippen LogP contribution in [0.2, 0.25) is 0 Å². The Labute approximate surface area is 108 Å². The molecule has 0 aromatic heterocycles. The molecule has 2 rings (SSSR count). The molecule has 1 fully saturated rings. The largest absolute Gasteiger partial charge is 0.327 e. The van der Waals surface area contributed by atoms with Crippen LogP contribution in [0.1, 0.15) is 12.0 Å². The van der Waals surface area contributed by atoms with Gasteiger partial charge >= 0.3 is 0 Å². The average molecular weight is 259 g/mol. The first-order chi connectivity index (χ1) is 7.65. The zero-order chi connectivity index (χ0) is 11.5. The molecule has 1 heterocycles. The summed E-state index contributed by atoms with van der Waals surface area (Å²) in [6.07, 6.45) is 1.92. The summed E-state index contributed by atoms with van der Waals surface area (Å²) >= 11 is 0. The smallest absolute Gasteiger partial charge is 0.123 e. The Balaban J connectivity index is 0.00000144. The number of nitrogens with two attached hydrogens (primary N) is 1. The van der Waals surface area contributed by atoms with Crippen molar-refractivity contribution in [3.05, 3.63) is 35.6 Å². The zero-order valence-electron chi connectivity index (χ0n) is 10.1. The minimum Gasteiger partial charge on any atom is -0.327 e. The number of hydrogen-bond acceptors (Lipinski definition) is 2. The van der Waals surface area contributed by atoms with Crippen LogP contribution >= 0.6 is 12.4 Å². The third-order valence-corrected chi connectivity index (χ3v) is 3.38. The third kappa shape index (κ3) is 3.95. The van der Waals surface area contributed by atoms with Crippen LogP contribution in [0.5, 0.6) is 0 Å². The molecule has 2 nitrogen and oxygen atoms in total. The van der Waals surface area contributed by atoms with Crippen LogP contribution in [0.25, 0.3) is 0 Å². The lowest BCUT2D eigenvalue weighted by Gasteiger charge is -2.34. The first kappa shape index (κ1) is 14.4. The number of piperidine rings is 1. The van der Waals surface area contributed by atoms with Gasteiger partial charge in [-0.3, -0.25) is 0 Å². The Morgan fingerprint density at radius 2 is 2.24 bits per heavy atom. The second-order valence-corrected chi connectivity index (χ2v) is 4.81. The molecular formula is C13H20ClFN2. The second-order valence-electron chi connectivity index (χ2n) is 4.81. The molecule has 1 aromatic rings. The summed E-state index contributed by atoms with van der Waals surface area (Å²) in [5.74, 6) is 0.288. The summed E-state index contributed by atoms with van der Waals surface area (Å²) in [7, 11) is 2.12. The van der Waals surface area contributed by atoms with Crippen LogP contribution in [0, 0.1) is 11.7 Å². The molecule has 0 saturated carbocycles. The van der Waals surface area contributed by atoms with Crippen LogP contribution in [0.3, 0.4) is 0 Å². The SMILES string of the molecule is CN1CCC(N)C(Cc2cccc(F)c2)C1.Cl. The van der Waals surface area contributed by atoms with Gasteiger partial charge in [0.2, 0.25) is 0 Å². The lowest BCUT2D eigenvalue weighted by molar-refractivity contribution is 0.185. The standard InChI is InChI=1S/C13H19FN2.ClH/c1-16-6-5-13(15)11(9-16)7-10-3-2-4-12(14)8-10;/h2-4,8,11,13H,5-7,9,15H2,1H3;1H. The first-order valence-corrected chi connectivity index (χ1v) is 5.83. The molecule has 1 aliphatic rings. The van der Waals surface area contributed by atoms with Crippen molar-refractivity contribution in [2.24, 2.45) is 11.7 Å². The molecule has 0 bridgehead atoms. The predicted molar refractivity (Wildman–Crippen MR) is 70.9 cm³/mol. The van der Waals surface area contributed by atoms with Crippen LogP contribution in [-0.4, -0.2) is 31.1 Å². The maximum atomic E-state index is 13.1. The van der Waals surface area contributed by atoms with E-state index in [0.717, 1.165) is 31.5 Å². The molecular weight excluding hydrogens is 239 g/mol. The molecule has 0 radical (unpaired) electrons. The summed E-state index contributed by atoms with van der Waals surface area (Å²) in [4.78, 5) is 2.30. The summed E-state index contributed by atoms with van der Waals surface area (Å²) in [5.41, 5.74) is 7.16. The van der Waals surface area contributed by atoms with Gasteiger partial charge in [0.05, 0.1) is 0 Å². The topological polar surface area (TPSA) is 29.3 Å². The molecule has 96 valence electrons. The third-order valence-electron chi connectivity index (χ3n) is 3.38. The number of hydrogen-bond donors (Lipinski definition) is 1. The van der Waals surface area contributed by atoms with E-state index in [-0.39, 0.29) is 24.3 Å². The molecule has 0 amide bonds. The fraction of sp³-hybridized carbons (Fsp3) is 0.538. The molecule has 1 aromatic carbocycles. The molecule has 2 unspecified atom stereocenters. The highest BCUT2D eigenvalue weighted by Crippen LogP contribution is 2.19. The van der Waals surface area contributed by atoms with Gasteiger partial charge in [0.15, 0.2) is 0 Å². The van der Waals surface area contributed by atoms with Crippen molar-refractivity contribution in [1.82, 2.24) is 4.90 Å². The summed E-state index contributed by atoms with van der Waals surface area (Å²) < 4.78 is 13.1. The molecule has 1 saturated heterocycles. The maximum absolute atomic E-state index is 13.1. The van der Waals surface area contributed by atoms with Gasteiger partial charge < -0.3 is 10.6 Å². The normalized spacial score (nSPS) is 25.4. The number of nitrogens with zero attached hydrogens (tertiary/aromatic N) is 1. The highest BCUT2D eigenvalue weighted by Gasteiger charge is 2.24. The molecule has 0 aliphatic carbocycles. The van der Waals surface area contributed by atoms with Crippen molar-refractivity contribution in [2.75, 3.05) is 20.1 Å². The van der Waals surface area contributed by atoms with E-state index in [0.29, 0.717) is 5.92 Å². The van der Waals surface area contributed by atoms with Crippen LogP contribution in [0.4, 0.5) is 4.39 Å². The Bertz CT molecular complexity index is 359. The first-order valence-electron chi connectivity index (χ1n) is 5.83. The molecule has 4 heteroatoms. The fourth-order valence-electron chi connectivity index (χ4n) is 2.41.